The lowest BCUT2D eigenvalue weighted by atomic mass is 10.0. The molecule has 0 unspecified atom stereocenters. The highest BCUT2D eigenvalue weighted by atomic mass is 35.5. The molecule has 0 fully saturated rings. The first-order valence-electron chi connectivity index (χ1n) is 6.21. The van der Waals surface area contributed by atoms with Crippen LogP contribution in [0.15, 0.2) is 36.7 Å². The molecule has 106 valence electrons. The van der Waals surface area contributed by atoms with Crippen molar-refractivity contribution in [3.05, 3.63) is 52.8 Å². The Morgan fingerprint density at radius 1 is 1.38 bits per heavy atom. The number of nitrogen functional groups attached to an aromatic ring is 1. The van der Waals surface area contributed by atoms with Crippen molar-refractivity contribution in [1.29, 1.82) is 0 Å². The minimum absolute atomic E-state index is 0.175. The van der Waals surface area contributed by atoms with E-state index in [1.54, 1.807) is 36.7 Å². The number of hydrogen-bond donors (Lipinski definition) is 2. The van der Waals surface area contributed by atoms with Crippen LogP contribution in [0.25, 0.3) is 11.0 Å². The lowest BCUT2D eigenvalue weighted by Gasteiger charge is -2.06. The predicted molar refractivity (Wildman–Crippen MR) is 81.9 cm³/mol. The average Bonchev–Trinajstić information content (AvgIpc) is 2.92. The smallest absolute Gasteiger partial charge is 0.195 e. The number of nitrogens with zero attached hydrogens (tertiary/aromatic N) is 1. The van der Waals surface area contributed by atoms with Crippen LogP contribution in [0.4, 0.5) is 5.69 Å². The number of H-pyrrole nitrogens is 1. The highest BCUT2D eigenvalue weighted by Crippen LogP contribution is 2.28. The van der Waals surface area contributed by atoms with Gasteiger partial charge in [-0.2, -0.15) is 0 Å². The molecule has 2 heterocycles. The number of ether oxygens (including phenoxy) is 1. The van der Waals surface area contributed by atoms with Crippen molar-refractivity contribution in [1.82, 2.24) is 9.97 Å². The molecule has 0 saturated heterocycles. The second-order valence-corrected chi connectivity index (χ2v) is 4.91. The van der Waals surface area contributed by atoms with Crippen molar-refractivity contribution in [2.24, 2.45) is 0 Å². The first-order chi connectivity index (χ1) is 10.1. The minimum atomic E-state index is -0.175. The van der Waals surface area contributed by atoms with Gasteiger partial charge >= 0.3 is 0 Å². The molecule has 0 spiro atoms. The van der Waals surface area contributed by atoms with Crippen LogP contribution in [0.3, 0.4) is 0 Å². The number of carbonyl (C=O) groups excluding carboxylic acids is 1. The summed E-state index contributed by atoms with van der Waals surface area (Å²) >= 11 is 6.16. The van der Waals surface area contributed by atoms with Crippen molar-refractivity contribution in [2.75, 3.05) is 12.8 Å². The molecule has 0 atom stereocenters. The fourth-order valence-corrected chi connectivity index (χ4v) is 2.47. The van der Waals surface area contributed by atoms with Crippen molar-refractivity contribution < 1.29 is 9.53 Å². The first-order valence-corrected chi connectivity index (χ1v) is 6.59. The van der Waals surface area contributed by atoms with Gasteiger partial charge < -0.3 is 15.5 Å². The SMILES string of the molecule is COc1ccc(C(=O)c2c[nH]c3nccc(Cl)c23)cc1N. The van der Waals surface area contributed by atoms with E-state index >= 15 is 0 Å². The van der Waals surface area contributed by atoms with Gasteiger partial charge in [0.05, 0.1) is 23.4 Å². The number of aromatic amines is 1. The Kier molecular flexibility index (Phi) is 3.27. The van der Waals surface area contributed by atoms with Crippen LogP contribution in [-0.2, 0) is 0 Å². The number of benzene rings is 1. The second kappa shape index (κ2) is 5.10. The third kappa shape index (κ3) is 2.21. The zero-order chi connectivity index (χ0) is 15.0. The summed E-state index contributed by atoms with van der Waals surface area (Å²) in [5.41, 5.74) is 7.76. The number of fused-ring (bicyclic) bond motifs is 1. The molecule has 0 bridgehead atoms. The molecule has 3 aromatic rings. The number of carbonyl (C=O) groups is 1. The Morgan fingerprint density at radius 2 is 2.19 bits per heavy atom. The van der Waals surface area contributed by atoms with Gasteiger partial charge in [-0.3, -0.25) is 4.79 Å². The van der Waals surface area contributed by atoms with Crippen LogP contribution in [-0.4, -0.2) is 22.9 Å². The Morgan fingerprint density at radius 3 is 2.90 bits per heavy atom. The zero-order valence-electron chi connectivity index (χ0n) is 11.2. The van der Waals surface area contributed by atoms with Gasteiger partial charge in [-0.05, 0) is 24.3 Å². The summed E-state index contributed by atoms with van der Waals surface area (Å²) in [6.45, 7) is 0. The van der Waals surface area contributed by atoms with Gasteiger partial charge in [0.15, 0.2) is 5.78 Å². The number of nitrogens with two attached hydrogens (primary N) is 1. The van der Waals surface area contributed by atoms with Gasteiger partial charge in [0.1, 0.15) is 11.4 Å². The lowest BCUT2D eigenvalue weighted by molar-refractivity contribution is 0.104. The number of rotatable bonds is 3. The van der Waals surface area contributed by atoms with E-state index < -0.39 is 0 Å². The third-order valence-corrected chi connectivity index (χ3v) is 3.57. The lowest BCUT2D eigenvalue weighted by Crippen LogP contribution is -2.02. The average molecular weight is 302 g/mol. The van der Waals surface area contributed by atoms with E-state index in [1.165, 1.54) is 7.11 Å². The van der Waals surface area contributed by atoms with Crippen LogP contribution in [0.1, 0.15) is 15.9 Å². The van der Waals surface area contributed by atoms with Crippen LogP contribution < -0.4 is 10.5 Å². The second-order valence-electron chi connectivity index (χ2n) is 4.50. The standard InChI is InChI=1S/C15H12ClN3O2/c1-21-12-3-2-8(6-11(12)17)14(20)9-7-19-15-13(9)10(16)4-5-18-15/h2-7H,17H2,1H3,(H,18,19). The van der Waals surface area contributed by atoms with Crippen molar-refractivity contribution >= 4 is 34.1 Å². The number of hydrogen-bond acceptors (Lipinski definition) is 4. The zero-order valence-corrected chi connectivity index (χ0v) is 11.9. The minimum Gasteiger partial charge on any atom is -0.495 e. The summed E-state index contributed by atoms with van der Waals surface area (Å²) < 4.78 is 5.09. The molecule has 5 nitrogen and oxygen atoms in total. The van der Waals surface area contributed by atoms with Crippen LogP contribution in [0.2, 0.25) is 5.02 Å². The molecule has 1 aromatic carbocycles. The van der Waals surface area contributed by atoms with Gasteiger partial charge in [-0.25, -0.2) is 4.98 Å². The van der Waals surface area contributed by atoms with Gasteiger partial charge in [0, 0.05) is 23.3 Å². The summed E-state index contributed by atoms with van der Waals surface area (Å²) in [5.74, 6) is 0.357. The Hall–Kier alpha value is -2.53. The fourth-order valence-electron chi connectivity index (χ4n) is 2.23. The molecule has 3 rings (SSSR count). The molecule has 3 N–H and O–H groups in total. The van der Waals surface area contributed by atoms with E-state index in [1.807, 2.05) is 0 Å². The number of methoxy groups -OCH3 is 1. The van der Waals surface area contributed by atoms with E-state index in [0.29, 0.717) is 38.6 Å². The maximum atomic E-state index is 12.6. The summed E-state index contributed by atoms with van der Waals surface area (Å²) in [5, 5.41) is 1.09. The topological polar surface area (TPSA) is 81.0 Å². The fraction of sp³-hybridized carbons (Fsp3) is 0.0667. The van der Waals surface area contributed by atoms with Crippen molar-refractivity contribution in [2.45, 2.75) is 0 Å². The van der Waals surface area contributed by atoms with Gasteiger partial charge in [-0.1, -0.05) is 11.6 Å². The Bertz CT molecular complexity index is 842. The molecular formula is C15H12ClN3O2. The Labute approximate surface area is 125 Å². The molecule has 0 amide bonds. The summed E-state index contributed by atoms with van der Waals surface area (Å²) in [6.07, 6.45) is 3.19. The predicted octanol–water partition coefficient (Wildman–Crippen LogP) is 3.04. The van der Waals surface area contributed by atoms with Crippen LogP contribution >= 0.6 is 11.6 Å². The normalized spacial score (nSPS) is 10.8. The van der Waals surface area contributed by atoms with Crippen molar-refractivity contribution in [3.8, 4) is 5.75 Å². The number of aromatic nitrogens is 2. The number of anilines is 1. The molecular weight excluding hydrogens is 290 g/mol. The van der Waals surface area contributed by atoms with Crippen LogP contribution in [0, 0.1) is 0 Å². The van der Waals surface area contributed by atoms with Crippen molar-refractivity contribution in [3.63, 3.8) is 0 Å². The van der Waals surface area contributed by atoms with Gasteiger partial charge in [0.2, 0.25) is 0 Å². The molecule has 21 heavy (non-hydrogen) atoms. The molecule has 0 radical (unpaired) electrons. The quantitative estimate of drug-likeness (QED) is 0.575. The number of pyridine rings is 1. The van der Waals surface area contributed by atoms with E-state index in [-0.39, 0.29) is 5.78 Å². The maximum Gasteiger partial charge on any atom is 0.195 e. The summed E-state index contributed by atoms with van der Waals surface area (Å²) in [4.78, 5) is 19.7. The van der Waals surface area contributed by atoms with Crippen LogP contribution in [0.5, 0.6) is 5.75 Å². The third-order valence-electron chi connectivity index (χ3n) is 3.26. The van der Waals surface area contributed by atoms with E-state index in [4.69, 9.17) is 22.1 Å². The van der Waals surface area contributed by atoms with Gasteiger partial charge in [0.25, 0.3) is 0 Å². The number of halogens is 1. The molecule has 0 aliphatic carbocycles. The Balaban J connectivity index is 2.11. The monoisotopic (exact) mass is 301 g/mol. The number of ketones is 1. The number of nitrogens with one attached hydrogen (secondary N) is 1. The van der Waals surface area contributed by atoms with E-state index in [9.17, 15) is 4.79 Å². The maximum absolute atomic E-state index is 12.6. The molecule has 0 aliphatic rings. The molecule has 6 heteroatoms. The highest BCUT2D eigenvalue weighted by Gasteiger charge is 2.17. The molecule has 0 saturated carbocycles. The molecule has 2 aromatic heterocycles. The highest BCUT2D eigenvalue weighted by molar-refractivity contribution is 6.37. The van der Waals surface area contributed by atoms with Gasteiger partial charge in [-0.15, -0.1) is 0 Å². The first kappa shape index (κ1) is 13.5. The van der Waals surface area contributed by atoms with E-state index in [2.05, 4.69) is 9.97 Å². The molecule has 0 aliphatic heterocycles. The largest absolute Gasteiger partial charge is 0.495 e. The summed E-state index contributed by atoms with van der Waals surface area (Å²) in [6, 6.07) is 6.57. The van der Waals surface area contributed by atoms with E-state index in [0.717, 1.165) is 0 Å². The summed E-state index contributed by atoms with van der Waals surface area (Å²) in [7, 11) is 1.53.